The molecule has 1 aliphatic rings. The van der Waals surface area contributed by atoms with E-state index in [2.05, 4.69) is 33.9 Å². The van der Waals surface area contributed by atoms with Crippen molar-refractivity contribution < 1.29 is 14.6 Å². The number of ether oxygens (including phenoxy) is 1. The number of hydrogen-bond donors (Lipinski definition) is 1. The molecule has 0 atom stereocenters. The van der Waals surface area contributed by atoms with Crippen molar-refractivity contribution >= 4 is 18.5 Å². The fraction of sp³-hybridized carbons (Fsp3) is 0.533. The highest BCUT2D eigenvalue weighted by Gasteiger charge is 2.14. The lowest BCUT2D eigenvalue weighted by molar-refractivity contribution is -0.122. The monoisotopic (exact) mass is 293 g/mol. The van der Waals surface area contributed by atoms with E-state index in [9.17, 15) is 0 Å². The second-order valence-corrected chi connectivity index (χ2v) is 4.63. The van der Waals surface area contributed by atoms with E-state index in [1.165, 1.54) is 0 Å². The quantitative estimate of drug-likeness (QED) is 0.857. The van der Waals surface area contributed by atoms with Gasteiger partial charge in [0.05, 0.1) is 18.9 Å². The van der Waals surface area contributed by atoms with Crippen LogP contribution >= 0.6 is 0 Å². The zero-order valence-corrected chi connectivity index (χ0v) is 12.7. The molecule has 2 rings (SSSR count). The van der Waals surface area contributed by atoms with Crippen LogP contribution in [0.3, 0.4) is 0 Å². The minimum atomic E-state index is -0.250. The first-order chi connectivity index (χ1) is 10.2. The number of unbranched alkanes of at least 4 members (excludes halogenated alkanes) is 1. The van der Waals surface area contributed by atoms with Gasteiger partial charge in [0.25, 0.3) is 6.47 Å². The van der Waals surface area contributed by atoms with Crippen LogP contribution < -0.4 is 4.90 Å². The predicted molar refractivity (Wildman–Crippen MR) is 82.4 cm³/mol. The number of aromatic nitrogens is 2. The molecule has 0 bridgehead atoms. The van der Waals surface area contributed by atoms with Crippen molar-refractivity contribution in [1.82, 2.24) is 9.97 Å². The van der Waals surface area contributed by atoms with Crippen LogP contribution in [0.2, 0.25) is 0 Å². The van der Waals surface area contributed by atoms with Gasteiger partial charge < -0.3 is 14.7 Å². The molecular weight excluding hydrogens is 270 g/mol. The minimum Gasteiger partial charge on any atom is -0.483 e. The zero-order valence-electron chi connectivity index (χ0n) is 12.7. The second-order valence-electron chi connectivity index (χ2n) is 4.63. The number of rotatable bonds is 4. The van der Waals surface area contributed by atoms with Crippen LogP contribution in [-0.2, 0) is 9.53 Å². The summed E-state index contributed by atoms with van der Waals surface area (Å²) >= 11 is 0. The van der Waals surface area contributed by atoms with Gasteiger partial charge in [-0.15, -0.1) is 0 Å². The number of carbonyl (C=O) groups is 1. The third-order valence-electron chi connectivity index (χ3n) is 2.90. The van der Waals surface area contributed by atoms with Crippen LogP contribution in [-0.4, -0.2) is 47.8 Å². The van der Waals surface area contributed by atoms with Crippen LogP contribution in [0.5, 0.6) is 0 Å². The van der Waals surface area contributed by atoms with Crippen molar-refractivity contribution in [2.24, 2.45) is 0 Å². The second kappa shape index (κ2) is 9.88. The summed E-state index contributed by atoms with van der Waals surface area (Å²) in [4.78, 5) is 19.7. The molecule has 1 saturated heterocycles. The van der Waals surface area contributed by atoms with E-state index in [0.29, 0.717) is 0 Å². The van der Waals surface area contributed by atoms with Crippen molar-refractivity contribution in [3.05, 3.63) is 23.5 Å². The Labute approximate surface area is 125 Å². The molecule has 0 spiro atoms. The zero-order chi connectivity index (χ0) is 15.5. The van der Waals surface area contributed by atoms with Gasteiger partial charge in [-0.2, -0.15) is 0 Å². The minimum absolute atomic E-state index is 0.250. The summed E-state index contributed by atoms with van der Waals surface area (Å²) in [5, 5.41) is 6.89. The van der Waals surface area contributed by atoms with E-state index in [1.807, 2.05) is 13.0 Å². The molecule has 0 unspecified atom stereocenters. The molecule has 1 aromatic heterocycles. The molecule has 6 heteroatoms. The highest BCUT2D eigenvalue weighted by atomic mass is 16.5. The first-order valence-electron chi connectivity index (χ1n) is 7.14. The third-order valence-corrected chi connectivity index (χ3v) is 2.90. The Morgan fingerprint density at radius 3 is 2.67 bits per heavy atom. The number of hydrogen-bond acceptors (Lipinski definition) is 5. The standard InChI is InChI=1S/C14H21N3O.CH2O2/c1-3-4-5-6-13-11-12(2)15-14(16-13)17-7-9-18-10-8-17;2-1-3/h5-6,11H,3-4,7-10H2,1-2H3;1H,(H,2,3). The smallest absolute Gasteiger partial charge is 0.290 e. The number of anilines is 1. The molecule has 6 nitrogen and oxygen atoms in total. The van der Waals surface area contributed by atoms with Crippen molar-refractivity contribution in [1.29, 1.82) is 0 Å². The molecule has 0 amide bonds. The van der Waals surface area contributed by atoms with E-state index >= 15 is 0 Å². The molecule has 0 saturated carbocycles. The van der Waals surface area contributed by atoms with Crippen molar-refractivity contribution in [2.75, 3.05) is 31.2 Å². The van der Waals surface area contributed by atoms with Crippen LogP contribution in [0.1, 0.15) is 31.2 Å². The van der Waals surface area contributed by atoms with Gasteiger partial charge in [-0.3, -0.25) is 4.79 Å². The molecule has 2 heterocycles. The van der Waals surface area contributed by atoms with E-state index in [1.54, 1.807) is 0 Å². The van der Waals surface area contributed by atoms with E-state index < -0.39 is 0 Å². The molecule has 116 valence electrons. The van der Waals surface area contributed by atoms with E-state index in [-0.39, 0.29) is 6.47 Å². The number of morpholine rings is 1. The Morgan fingerprint density at radius 2 is 2.05 bits per heavy atom. The van der Waals surface area contributed by atoms with Gasteiger partial charge in [0.15, 0.2) is 0 Å². The lowest BCUT2D eigenvalue weighted by atomic mass is 10.2. The van der Waals surface area contributed by atoms with Gasteiger partial charge in [-0.25, -0.2) is 9.97 Å². The summed E-state index contributed by atoms with van der Waals surface area (Å²) < 4.78 is 5.35. The largest absolute Gasteiger partial charge is 0.483 e. The van der Waals surface area contributed by atoms with E-state index in [0.717, 1.165) is 56.5 Å². The summed E-state index contributed by atoms with van der Waals surface area (Å²) in [6.45, 7) is 7.22. The maximum Gasteiger partial charge on any atom is 0.290 e. The molecule has 1 fully saturated rings. The average molecular weight is 293 g/mol. The maximum atomic E-state index is 8.36. The van der Waals surface area contributed by atoms with Crippen molar-refractivity contribution in [3.63, 3.8) is 0 Å². The Balaban J connectivity index is 0.000000677. The maximum absolute atomic E-state index is 8.36. The summed E-state index contributed by atoms with van der Waals surface area (Å²) in [5.74, 6) is 0.828. The Hall–Kier alpha value is -1.95. The van der Waals surface area contributed by atoms with Crippen LogP contribution in [0.25, 0.3) is 6.08 Å². The molecular formula is C15H23N3O3. The van der Waals surface area contributed by atoms with Crippen LogP contribution in [0.4, 0.5) is 5.95 Å². The molecule has 21 heavy (non-hydrogen) atoms. The average Bonchev–Trinajstić information content (AvgIpc) is 2.49. The molecule has 0 aromatic carbocycles. The number of carboxylic acid groups (broad SMARTS) is 1. The summed E-state index contributed by atoms with van der Waals surface area (Å²) in [6.07, 6.45) is 6.51. The molecule has 1 aromatic rings. The number of nitrogens with zero attached hydrogens (tertiary/aromatic N) is 3. The van der Waals surface area contributed by atoms with Gasteiger partial charge >= 0.3 is 0 Å². The topological polar surface area (TPSA) is 75.5 Å². The lowest BCUT2D eigenvalue weighted by Gasteiger charge is -2.27. The van der Waals surface area contributed by atoms with Crippen molar-refractivity contribution in [3.8, 4) is 0 Å². The Kier molecular flexibility index (Phi) is 8.04. The van der Waals surface area contributed by atoms with Gasteiger partial charge in [0.1, 0.15) is 0 Å². The van der Waals surface area contributed by atoms with Crippen LogP contribution in [0, 0.1) is 6.92 Å². The summed E-state index contributed by atoms with van der Waals surface area (Å²) in [7, 11) is 0. The summed E-state index contributed by atoms with van der Waals surface area (Å²) in [6, 6.07) is 2.02. The highest BCUT2D eigenvalue weighted by molar-refractivity contribution is 5.48. The lowest BCUT2D eigenvalue weighted by Crippen LogP contribution is -2.37. The van der Waals surface area contributed by atoms with Gasteiger partial charge in [-0.05, 0) is 25.5 Å². The SMILES string of the molecule is CCCC=Cc1cc(C)nc(N2CCOCC2)n1.O=CO. The van der Waals surface area contributed by atoms with Crippen LogP contribution in [0.15, 0.2) is 12.1 Å². The fourth-order valence-electron chi connectivity index (χ4n) is 1.94. The first kappa shape index (κ1) is 17.1. The molecule has 0 aliphatic carbocycles. The first-order valence-corrected chi connectivity index (χ1v) is 7.14. The van der Waals surface area contributed by atoms with E-state index in [4.69, 9.17) is 14.6 Å². The summed E-state index contributed by atoms with van der Waals surface area (Å²) in [5.41, 5.74) is 2.01. The van der Waals surface area contributed by atoms with Gasteiger partial charge in [0.2, 0.25) is 5.95 Å². The Bertz CT molecular complexity index is 457. The molecule has 0 radical (unpaired) electrons. The number of allylic oxidation sites excluding steroid dienone is 1. The molecule has 1 N–H and O–H groups in total. The highest BCUT2D eigenvalue weighted by Crippen LogP contribution is 2.13. The normalized spacial score (nSPS) is 14.7. The van der Waals surface area contributed by atoms with Crippen molar-refractivity contribution in [2.45, 2.75) is 26.7 Å². The Morgan fingerprint density at radius 1 is 1.38 bits per heavy atom. The third kappa shape index (κ3) is 6.35. The number of aryl methyl sites for hydroxylation is 1. The molecule has 1 aliphatic heterocycles. The van der Waals surface area contributed by atoms with Gasteiger partial charge in [-0.1, -0.05) is 19.4 Å². The predicted octanol–water partition coefficient (Wildman–Crippen LogP) is 2.14. The van der Waals surface area contributed by atoms with Gasteiger partial charge in [0, 0.05) is 18.8 Å². The fourth-order valence-corrected chi connectivity index (χ4v) is 1.94.